The highest BCUT2D eigenvalue weighted by Crippen LogP contribution is 2.18. The lowest BCUT2D eigenvalue weighted by molar-refractivity contribution is 0.0760. The first-order valence-electron chi connectivity index (χ1n) is 10.2. The molecule has 0 unspecified atom stereocenters. The van der Waals surface area contributed by atoms with Gasteiger partial charge in [0.25, 0.3) is 5.91 Å². The lowest BCUT2D eigenvalue weighted by atomic mass is 10.2. The summed E-state index contributed by atoms with van der Waals surface area (Å²) in [6.07, 6.45) is 1.99. The number of amides is 1. The molecule has 0 bridgehead atoms. The van der Waals surface area contributed by atoms with Gasteiger partial charge in [0, 0.05) is 38.3 Å². The van der Waals surface area contributed by atoms with Gasteiger partial charge in [0.05, 0.1) is 6.61 Å². The highest BCUT2D eigenvalue weighted by Gasteiger charge is 2.20. The Morgan fingerprint density at radius 3 is 2.21 bits per heavy atom. The highest BCUT2D eigenvalue weighted by molar-refractivity contribution is 5.94. The van der Waals surface area contributed by atoms with Gasteiger partial charge < -0.3 is 14.4 Å². The smallest absolute Gasteiger partial charge is 0.253 e. The molecule has 5 nitrogen and oxygen atoms in total. The Bertz CT molecular complexity index is 718. The Hall–Kier alpha value is -2.53. The first-order valence-corrected chi connectivity index (χ1v) is 10.2. The van der Waals surface area contributed by atoms with Crippen molar-refractivity contribution in [2.45, 2.75) is 19.8 Å². The van der Waals surface area contributed by atoms with Crippen LogP contribution in [-0.4, -0.2) is 61.6 Å². The van der Waals surface area contributed by atoms with E-state index >= 15 is 0 Å². The predicted octanol–water partition coefficient (Wildman–Crippen LogP) is 3.70. The van der Waals surface area contributed by atoms with E-state index in [1.54, 1.807) is 0 Å². The molecule has 1 fully saturated rings. The van der Waals surface area contributed by atoms with Gasteiger partial charge in [0.2, 0.25) is 0 Å². The Balaban J connectivity index is 1.41. The second-order valence-corrected chi connectivity index (χ2v) is 7.02. The van der Waals surface area contributed by atoms with Gasteiger partial charge >= 0.3 is 0 Å². The van der Waals surface area contributed by atoms with Crippen LogP contribution in [0.3, 0.4) is 0 Å². The number of nitrogens with zero attached hydrogens (tertiary/aromatic N) is 2. The summed E-state index contributed by atoms with van der Waals surface area (Å²) < 4.78 is 11.5. The molecule has 1 saturated heterocycles. The minimum Gasteiger partial charge on any atom is -0.494 e. The van der Waals surface area contributed by atoms with Gasteiger partial charge in [-0.2, -0.15) is 0 Å². The van der Waals surface area contributed by atoms with Crippen LogP contribution in [0.2, 0.25) is 0 Å². The summed E-state index contributed by atoms with van der Waals surface area (Å²) in [6.45, 7) is 7.78. The molecule has 1 heterocycles. The topological polar surface area (TPSA) is 42.0 Å². The van der Waals surface area contributed by atoms with Crippen molar-refractivity contribution in [2.75, 3.05) is 45.9 Å². The summed E-state index contributed by atoms with van der Waals surface area (Å²) in [5, 5.41) is 0. The van der Waals surface area contributed by atoms with Gasteiger partial charge in [-0.25, -0.2) is 0 Å². The highest BCUT2D eigenvalue weighted by atomic mass is 16.5. The van der Waals surface area contributed by atoms with Crippen molar-refractivity contribution in [3.63, 3.8) is 0 Å². The zero-order chi connectivity index (χ0) is 19.6. The first-order chi connectivity index (χ1) is 13.8. The average Bonchev–Trinajstić information content (AvgIpc) is 2.99. The van der Waals surface area contributed by atoms with E-state index in [-0.39, 0.29) is 5.91 Å². The molecule has 0 N–H and O–H groups in total. The van der Waals surface area contributed by atoms with Crippen LogP contribution in [0.1, 0.15) is 30.1 Å². The molecule has 1 amide bonds. The third-order valence-corrected chi connectivity index (χ3v) is 4.87. The molecule has 3 rings (SSSR count). The van der Waals surface area contributed by atoms with Gasteiger partial charge in [0.15, 0.2) is 0 Å². The number of carbonyl (C=O) groups is 1. The Kier molecular flexibility index (Phi) is 7.73. The molecule has 1 aliphatic rings. The molecule has 2 aromatic carbocycles. The molecule has 0 aromatic heterocycles. The lowest BCUT2D eigenvalue weighted by Crippen LogP contribution is -2.36. The standard InChI is InChI=1S/C23H30N2O3/c1-2-18-27-21-9-11-22(12-10-21)28-19-17-24-13-6-14-25(16-15-24)23(26)20-7-4-3-5-8-20/h3-5,7-12H,2,6,13-19H2,1H3. The summed E-state index contributed by atoms with van der Waals surface area (Å²) in [7, 11) is 0. The molecule has 0 radical (unpaired) electrons. The number of hydrogen-bond acceptors (Lipinski definition) is 4. The SMILES string of the molecule is CCCOc1ccc(OCCN2CCCN(C(=O)c3ccccc3)CC2)cc1. The second kappa shape index (κ2) is 10.7. The summed E-state index contributed by atoms with van der Waals surface area (Å²) >= 11 is 0. The van der Waals surface area contributed by atoms with Crippen LogP contribution < -0.4 is 9.47 Å². The number of rotatable bonds is 8. The minimum atomic E-state index is 0.129. The van der Waals surface area contributed by atoms with E-state index in [4.69, 9.17) is 9.47 Å². The fraction of sp³-hybridized carbons (Fsp3) is 0.435. The maximum Gasteiger partial charge on any atom is 0.253 e. The van der Waals surface area contributed by atoms with Gasteiger partial charge in [-0.3, -0.25) is 9.69 Å². The number of hydrogen-bond donors (Lipinski definition) is 0. The van der Waals surface area contributed by atoms with Crippen molar-refractivity contribution in [3.05, 3.63) is 60.2 Å². The normalized spacial score (nSPS) is 15.1. The van der Waals surface area contributed by atoms with Crippen LogP contribution in [0.25, 0.3) is 0 Å². The summed E-state index contributed by atoms with van der Waals surface area (Å²) in [5.74, 6) is 1.87. The van der Waals surface area contributed by atoms with Crippen LogP contribution in [0.4, 0.5) is 0 Å². The predicted molar refractivity (Wildman–Crippen MR) is 111 cm³/mol. The molecule has 2 aromatic rings. The molecule has 150 valence electrons. The van der Waals surface area contributed by atoms with E-state index in [1.165, 1.54) is 0 Å². The number of carbonyl (C=O) groups excluding carboxylic acids is 1. The molecule has 0 spiro atoms. The summed E-state index contributed by atoms with van der Waals surface area (Å²) in [4.78, 5) is 17.0. The Morgan fingerprint density at radius 1 is 0.857 bits per heavy atom. The molecular weight excluding hydrogens is 352 g/mol. The van der Waals surface area contributed by atoms with Crippen molar-refractivity contribution >= 4 is 5.91 Å². The molecule has 28 heavy (non-hydrogen) atoms. The maximum absolute atomic E-state index is 12.6. The van der Waals surface area contributed by atoms with E-state index in [9.17, 15) is 4.79 Å². The molecule has 0 atom stereocenters. The Morgan fingerprint density at radius 2 is 1.54 bits per heavy atom. The van der Waals surface area contributed by atoms with Gasteiger partial charge in [0.1, 0.15) is 18.1 Å². The summed E-state index contributed by atoms with van der Waals surface area (Å²) in [6, 6.07) is 17.3. The summed E-state index contributed by atoms with van der Waals surface area (Å²) in [5.41, 5.74) is 0.769. The fourth-order valence-electron chi connectivity index (χ4n) is 3.31. The van der Waals surface area contributed by atoms with Crippen molar-refractivity contribution in [3.8, 4) is 11.5 Å². The monoisotopic (exact) mass is 382 g/mol. The minimum absolute atomic E-state index is 0.129. The number of benzene rings is 2. The van der Waals surface area contributed by atoms with Crippen LogP contribution in [0.15, 0.2) is 54.6 Å². The zero-order valence-electron chi connectivity index (χ0n) is 16.7. The Labute approximate surface area is 167 Å². The van der Waals surface area contributed by atoms with E-state index in [2.05, 4.69) is 11.8 Å². The molecule has 0 saturated carbocycles. The van der Waals surface area contributed by atoms with Crippen molar-refractivity contribution < 1.29 is 14.3 Å². The van der Waals surface area contributed by atoms with Crippen LogP contribution >= 0.6 is 0 Å². The van der Waals surface area contributed by atoms with E-state index in [1.807, 2.05) is 59.5 Å². The molecular formula is C23H30N2O3. The van der Waals surface area contributed by atoms with Crippen LogP contribution in [-0.2, 0) is 0 Å². The lowest BCUT2D eigenvalue weighted by Gasteiger charge is -2.22. The fourth-order valence-corrected chi connectivity index (χ4v) is 3.31. The van der Waals surface area contributed by atoms with Crippen molar-refractivity contribution in [1.29, 1.82) is 0 Å². The van der Waals surface area contributed by atoms with Crippen molar-refractivity contribution in [2.24, 2.45) is 0 Å². The van der Waals surface area contributed by atoms with E-state index in [0.717, 1.165) is 69.2 Å². The van der Waals surface area contributed by atoms with Gasteiger partial charge in [-0.15, -0.1) is 0 Å². The largest absolute Gasteiger partial charge is 0.494 e. The number of ether oxygens (including phenoxy) is 2. The van der Waals surface area contributed by atoms with E-state index in [0.29, 0.717) is 6.61 Å². The third-order valence-electron chi connectivity index (χ3n) is 4.87. The maximum atomic E-state index is 12.6. The third kappa shape index (κ3) is 5.99. The van der Waals surface area contributed by atoms with Crippen LogP contribution in [0.5, 0.6) is 11.5 Å². The average molecular weight is 383 g/mol. The van der Waals surface area contributed by atoms with Crippen molar-refractivity contribution in [1.82, 2.24) is 9.80 Å². The molecule has 5 heteroatoms. The quantitative estimate of drug-likeness (QED) is 0.698. The first kappa shape index (κ1) is 20.2. The van der Waals surface area contributed by atoms with Crippen LogP contribution in [0, 0.1) is 0 Å². The molecule has 1 aliphatic heterocycles. The van der Waals surface area contributed by atoms with Gasteiger partial charge in [-0.05, 0) is 49.2 Å². The van der Waals surface area contributed by atoms with E-state index < -0.39 is 0 Å². The molecule has 0 aliphatic carbocycles. The van der Waals surface area contributed by atoms with Gasteiger partial charge in [-0.1, -0.05) is 25.1 Å². The zero-order valence-corrected chi connectivity index (χ0v) is 16.7. The second-order valence-electron chi connectivity index (χ2n) is 7.02.